The molecule has 9 heteroatoms. The zero-order valence-electron chi connectivity index (χ0n) is 19.7. The molecule has 0 fully saturated rings. The van der Waals surface area contributed by atoms with Gasteiger partial charge in [0.1, 0.15) is 17.6 Å². The zero-order valence-corrected chi connectivity index (χ0v) is 20.5. The van der Waals surface area contributed by atoms with Crippen LogP contribution in [-0.4, -0.2) is 28.5 Å². The van der Waals surface area contributed by atoms with Crippen molar-refractivity contribution in [2.45, 2.75) is 6.92 Å². The minimum Gasteiger partial charge on any atom is -0.483 e. The Kier molecular flexibility index (Phi) is 6.83. The lowest BCUT2D eigenvalue weighted by Crippen LogP contribution is -2.25. The fraction of sp³-hybridized carbons (Fsp3) is 0.0714. The monoisotopic (exact) mass is 512 g/mol. The summed E-state index contributed by atoms with van der Waals surface area (Å²) in [6, 6.07) is 22.2. The molecule has 0 saturated heterocycles. The van der Waals surface area contributed by atoms with E-state index in [1.807, 2.05) is 61.5 Å². The number of hydrogen-bond donors (Lipinski definition) is 1. The fourth-order valence-electron chi connectivity index (χ4n) is 3.79. The van der Waals surface area contributed by atoms with Crippen molar-refractivity contribution in [3.8, 4) is 22.7 Å². The number of halogens is 1. The van der Waals surface area contributed by atoms with Crippen LogP contribution < -0.4 is 15.6 Å². The summed E-state index contributed by atoms with van der Waals surface area (Å²) in [6.45, 7) is 1.54. The van der Waals surface area contributed by atoms with Gasteiger partial charge in [0.15, 0.2) is 6.61 Å². The number of fused-ring (bicyclic) bond motifs is 1. The van der Waals surface area contributed by atoms with E-state index < -0.39 is 5.91 Å². The number of benzene rings is 3. The van der Waals surface area contributed by atoms with Gasteiger partial charge in [-0.1, -0.05) is 41.9 Å². The Labute approximate surface area is 216 Å². The summed E-state index contributed by atoms with van der Waals surface area (Å²) in [4.78, 5) is 25.1. The maximum absolute atomic E-state index is 12.7. The molecule has 8 nitrogen and oxygen atoms in total. The maximum atomic E-state index is 12.7. The first kappa shape index (κ1) is 24.0. The first-order valence-corrected chi connectivity index (χ1v) is 11.7. The molecule has 1 N–H and O–H groups in total. The fourth-order valence-corrected chi connectivity index (χ4v) is 3.95. The van der Waals surface area contributed by atoms with Gasteiger partial charge >= 0.3 is 0 Å². The maximum Gasteiger partial charge on any atom is 0.277 e. The highest BCUT2D eigenvalue weighted by Gasteiger charge is 2.14. The van der Waals surface area contributed by atoms with Crippen LogP contribution in [0.4, 0.5) is 0 Å². The largest absolute Gasteiger partial charge is 0.483 e. The van der Waals surface area contributed by atoms with Crippen molar-refractivity contribution in [2.75, 3.05) is 6.61 Å². The molecule has 37 heavy (non-hydrogen) atoms. The van der Waals surface area contributed by atoms with Gasteiger partial charge in [-0.05, 0) is 55.0 Å². The Balaban J connectivity index is 1.27. The van der Waals surface area contributed by atoms with Gasteiger partial charge in [0.25, 0.3) is 5.91 Å². The van der Waals surface area contributed by atoms with E-state index in [9.17, 15) is 9.59 Å². The number of aromatic nitrogens is 2. The molecule has 3 aromatic carbocycles. The number of ether oxygens (including phenoxy) is 1. The van der Waals surface area contributed by atoms with Crippen LogP contribution in [-0.2, 0) is 4.79 Å². The van der Waals surface area contributed by atoms with Crippen molar-refractivity contribution in [3.05, 3.63) is 112 Å². The summed E-state index contributed by atoms with van der Waals surface area (Å²) in [5.74, 6) is 0.0214. The van der Waals surface area contributed by atoms with Crippen molar-refractivity contribution in [1.29, 1.82) is 0 Å². The first-order valence-electron chi connectivity index (χ1n) is 11.4. The third kappa shape index (κ3) is 5.14. The van der Waals surface area contributed by atoms with Gasteiger partial charge < -0.3 is 9.15 Å². The molecule has 0 saturated carbocycles. The summed E-state index contributed by atoms with van der Waals surface area (Å²) in [5.41, 5.74) is 5.97. The molecule has 5 rings (SSSR count). The van der Waals surface area contributed by atoms with Crippen molar-refractivity contribution in [1.82, 2.24) is 15.2 Å². The second-order valence-corrected chi connectivity index (χ2v) is 8.57. The van der Waals surface area contributed by atoms with Crippen LogP contribution in [0.3, 0.4) is 0 Å². The van der Waals surface area contributed by atoms with Crippen LogP contribution in [0.1, 0.15) is 11.1 Å². The summed E-state index contributed by atoms with van der Waals surface area (Å²) in [5, 5.41) is 9.10. The number of aryl methyl sites for hydroxylation is 1. The second kappa shape index (κ2) is 10.5. The second-order valence-electron chi connectivity index (χ2n) is 8.16. The predicted octanol–water partition coefficient (Wildman–Crippen LogP) is 5.14. The van der Waals surface area contributed by atoms with Crippen LogP contribution in [0.15, 0.2) is 99.6 Å². The van der Waals surface area contributed by atoms with Crippen molar-refractivity contribution in [2.24, 2.45) is 5.10 Å². The number of hydrazone groups is 1. The average Bonchev–Trinajstić information content (AvgIpc) is 3.41. The molecule has 184 valence electrons. The van der Waals surface area contributed by atoms with Gasteiger partial charge in [-0.25, -0.2) is 10.1 Å². The number of nitrogens with one attached hydrogen (secondary N) is 1. The van der Waals surface area contributed by atoms with E-state index in [0.717, 1.165) is 22.5 Å². The van der Waals surface area contributed by atoms with E-state index in [0.29, 0.717) is 21.7 Å². The summed E-state index contributed by atoms with van der Waals surface area (Å²) in [6.07, 6.45) is 4.22. The van der Waals surface area contributed by atoms with E-state index in [4.69, 9.17) is 20.8 Å². The van der Waals surface area contributed by atoms with Gasteiger partial charge in [-0.3, -0.25) is 9.59 Å². The molecular formula is C28H21ClN4O4. The van der Waals surface area contributed by atoms with Crippen LogP contribution in [0.2, 0.25) is 5.02 Å². The number of hydrogen-bond acceptors (Lipinski definition) is 6. The Bertz CT molecular complexity index is 1680. The lowest BCUT2D eigenvalue weighted by atomic mass is 10.1. The van der Waals surface area contributed by atoms with E-state index in [2.05, 4.69) is 15.6 Å². The Morgan fingerprint density at radius 2 is 1.92 bits per heavy atom. The van der Waals surface area contributed by atoms with Gasteiger partial charge in [-0.2, -0.15) is 10.2 Å². The SMILES string of the molecule is Cc1cc2occ(/C=N/NC(=O)COc3ccccc3-c3ccnn3-c3ccccc3)c(=O)c2cc1Cl. The molecule has 0 aliphatic rings. The Morgan fingerprint density at radius 3 is 2.76 bits per heavy atom. The third-order valence-electron chi connectivity index (χ3n) is 5.64. The first-order chi connectivity index (χ1) is 18.0. The molecule has 2 aromatic heterocycles. The smallest absolute Gasteiger partial charge is 0.277 e. The molecule has 0 atom stereocenters. The van der Waals surface area contributed by atoms with Gasteiger partial charge in [0.05, 0.1) is 34.7 Å². The van der Waals surface area contributed by atoms with E-state index >= 15 is 0 Å². The zero-order chi connectivity index (χ0) is 25.8. The minimum absolute atomic E-state index is 0.174. The lowest BCUT2D eigenvalue weighted by molar-refractivity contribution is -0.123. The quantitative estimate of drug-likeness (QED) is 0.240. The van der Waals surface area contributed by atoms with Crippen LogP contribution in [0.5, 0.6) is 5.75 Å². The minimum atomic E-state index is -0.494. The molecule has 0 unspecified atom stereocenters. The lowest BCUT2D eigenvalue weighted by Gasteiger charge is -2.12. The topological polar surface area (TPSA) is 98.7 Å². The molecule has 0 spiro atoms. The molecule has 0 bridgehead atoms. The number of rotatable bonds is 7. The average molecular weight is 513 g/mol. The standard InChI is InChI=1S/C28H21ClN4O4/c1-18-13-26-22(14-23(18)29)28(35)19(16-36-26)15-30-32-27(34)17-37-25-10-6-5-9-21(25)24-11-12-31-33(24)20-7-3-2-4-8-20/h2-16H,17H2,1H3,(H,32,34)/b30-15+. The molecule has 1 amide bonds. The number of para-hydroxylation sites is 2. The molecule has 2 heterocycles. The molecule has 0 aliphatic carbocycles. The van der Waals surface area contributed by atoms with Gasteiger partial charge in [-0.15, -0.1) is 0 Å². The highest BCUT2D eigenvalue weighted by Crippen LogP contribution is 2.31. The van der Waals surface area contributed by atoms with Crippen LogP contribution in [0, 0.1) is 6.92 Å². The van der Waals surface area contributed by atoms with E-state index in [-0.39, 0.29) is 17.6 Å². The molecule has 0 aliphatic heterocycles. The van der Waals surface area contributed by atoms with Crippen molar-refractivity contribution < 1.29 is 13.9 Å². The number of carbonyl (C=O) groups excluding carboxylic acids is 1. The van der Waals surface area contributed by atoms with Crippen LogP contribution >= 0.6 is 11.6 Å². The van der Waals surface area contributed by atoms with E-state index in [1.165, 1.54) is 12.5 Å². The Morgan fingerprint density at radius 1 is 1.14 bits per heavy atom. The summed E-state index contributed by atoms with van der Waals surface area (Å²) in [7, 11) is 0. The normalized spacial score (nSPS) is 11.2. The molecule has 0 radical (unpaired) electrons. The summed E-state index contributed by atoms with van der Waals surface area (Å²) >= 11 is 6.14. The number of carbonyl (C=O) groups is 1. The molecule has 5 aromatic rings. The summed E-state index contributed by atoms with van der Waals surface area (Å²) < 4.78 is 13.1. The van der Waals surface area contributed by atoms with Crippen molar-refractivity contribution in [3.63, 3.8) is 0 Å². The van der Waals surface area contributed by atoms with Crippen LogP contribution in [0.25, 0.3) is 27.9 Å². The van der Waals surface area contributed by atoms with Crippen molar-refractivity contribution >= 4 is 34.7 Å². The Hall–Kier alpha value is -4.69. The van der Waals surface area contributed by atoms with Gasteiger partial charge in [0.2, 0.25) is 5.43 Å². The van der Waals surface area contributed by atoms with E-state index in [1.54, 1.807) is 29.1 Å². The number of amides is 1. The van der Waals surface area contributed by atoms with Gasteiger partial charge in [0, 0.05) is 10.6 Å². The highest BCUT2D eigenvalue weighted by atomic mass is 35.5. The number of nitrogens with zero attached hydrogens (tertiary/aromatic N) is 3. The predicted molar refractivity (Wildman–Crippen MR) is 142 cm³/mol. The highest BCUT2D eigenvalue weighted by molar-refractivity contribution is 6.32. The molecular weight excluding hydrogens is 492 g/mol. The third-order valence-corrected chi connectivity index (χ3v) is 6.05.